The molecule has 5 nitrogen and oxygen atoms in total. The molecule has 1 aliphatic carbocycles. The van der Waals surface area contributed by atoms with E-state index >= 15 is 0 Å². The minimum absolute atomic E-state index is 0.0508. The van der Waals surface area contributed by atoms with Crippen LogP contribution >= 0.6 is 23.4 Å². The molecule has 0 unspecified atom stereocenters. The van der Waals surface area contributed by atoms with Gasteiger partial charge < -0.3 is 5.32 Å². The first-order valence-corrected chi connectivity index (χ1v) is 9.39. The van der Waals surface area contributed by atoms with Crippen molar-refractivity contribution < 1.29 is 8.42 Å². The summed E-state index contributed by atoms with van der Waals surface area (Å²) in [5.41, 5.74) is 0. The molecular formula is C12H18ClN3O2S2. The lowest BCUT2D eigenvalue weighted by Gasteiger charge is -2.40. The number of nitrogens with zero attached hydrogens (tertiary/aromatic N) is 1. The second-order valence-corrected chi connectivity index (χ2v) is 8.27. The van der Waals surface area contributed by atoms with E-state index in [2.05, 4.69) is 15.0 Å². The highest BCUT2D eigenvalue weighted by Gasteiger charge is 2.37. The van der Waals surface area contributed by atoms with Gasteiger partial charge in [0.25, 0.3) is 0 Å². The number of aromatic nitrogens is 1. The number of thioether (sulfide) groups is 1. The van der Waals surface area contributed by atoms with E-state index in [1.54, 1.807) is 18.8 Å². The van der Waals surface area contributed by atoms with Gasteiger partial charge in [0.15, 0.2) is 0 Å². The summed E-state index contributed by atoms with van der Waals surface area (Å²) in [6.45, 7) is 0.446. The molecule has 0 spiro atoms. The first-order valence-electron chi connectivity index (χ1n) is 6.30. The summed E-state index contributed by atoms with van der Waals surface area (Å²) in [7, 11) is -1.89. The van der Waals surface area contributed by atoms with Crippen molar-refractivity contribution in [3.63, 3.8) is 0 Å². The van der Waals surface area contributed by atoms with Gasteiger partial charge in [-0.15, -0.1) is 0 Å². The fourth-order valence-corrected chi connectivity index (χ4v) is 4.51. The van der Waals surface area contributed by atoms with Crippen molar-refractivity contribution in [2.45, 2.75) is 28.9 Å². The van der Waals surface area contributed by atoms with Gasteiger partial charge in [-0.25, -0.2) is 18.1 Å². The van der Waals surface area contributed by atoms with Crippen LogP contribution in [-0.4, -0.2) is 38.0 Å². The lowest BCUT2D eigenvalue weighted by Crippen LogP contribution is -2.45. The lowest BCUT2D eigenvalue weighted by atomic mass is 9.84. The molecule has 2 N–H and O–H groups in total. The number of pyridine rings is 1. The van der Waals surface area contributed by atoms with Crippen molar-refractivity contribution in [1.29, 1.82) is 0 Å². The summed E-state index contributed by atoms with van der Waals surface area (Å²) in [6.07, 6.45) is 6.59. The molecule has 0 amide bonds. The normalized spacial score (nSPS) is 17.6. The highest BCUT2D eigenvalue weighted by molar-refractivity contribution is 8.00. The predicted octanol–water partition coefficient (Wildman–Crippen LogP) is 2.34. The third kappa shape index (κ3) is 3.21. The Morgan fingerprint density at radius 3 is 2.65 bits per heavy atom. The van der Waals surface area contributed by atoms with Gasteiger partial charge in [0.05, 0.1) is 5.02 Å². The van der Waals surface area contributed by atoms with E-state index in [0.29, 0.717) is 17.4 Å². The van der Waals surface area contributed by atoms with E-state index in [1.165, 1.54) is 12.3 Å². The van der Waals surface area contributed by atoms with Crippen molar-refractivity contribution in [1.82, 2.24) is 9.71 Å². The molecule has 1 aromatic rings. The van der Waals surface area contributed by atoms with Gasteiger partial charge in [0, 0.05) is 24.5 Å². The van der Waals surface area contributed by atoms with Crippen LogP contribution in [0.5, 0.6) is 0 Å². The van der Waals surface area contributed by atoms with Gasteiger partial charge >= 0.3 is 0 Å². The van der Waals surface area contributed by atoms with Gasteiger partial charge in [0.1, 0.15) is 10.7 Å². The highest BCUT2D eigenvalue weighted by Crippen LogP contribution is 2.42. The van der Waals surface area contributed by atoms with Crippen LogP contribution in [0.25, 0.3) is 0 Å². The van der Waals surface area contributed by atoms with Crippen molar-refractivity contribution in [3.8, 4) is 0 Å². The van der Waals surface area contributed by atoms with Crippen LogP contribution < -0.4 is 10.0 Å². The Morgan fingerprint density at radius 1 is 1.50 bits per heavy atom. The van der Waals surface area contributed by atoms with Crippen molar-refractivity contribution >= 4 is 39.2 Å². The molecule has 1 saturated carbocycles. The van der Waals surface area contributed by atoms with Gasteiger partial charge in [-0.3, -0.25) is 0 Å². The number of sulfonamides is 1. The first-order chi connectivity index (χ1) is 9.42. The molecule has 1 aliphatic rings. The molecule has 0 atom stereocenters. The van der Waals surface area contributed by atoms with Crippen molar-refractivity contribution in [2.75, 3.05) is 25.2 Å². The Kier molecular flexibility index (Phi) is 4.84. The second-order valence-electron chi connectivity index (χ2n) is 4.82. The maximum atomic E-state index is 12.2. The van der Waals surface area contributed by atoms with Crippen LogP contribution in [0.2, 0.25) is 5.02 Å². The third-order valence-corrected chi connectivity index (χ3v) is 6.72. The van der Waals surface area contributed by atoms with E-state index in [-0.39, 0.29) is 9.64 Å². The zero-order valence-corrected chi connectivity index (χ0v) is 13.8. The number of nitrogens with one attached hydrogen (secondary N) is 2. The maximum absolute atomic E-state index is 12.2. The second kappa shape index (κ2) is 6.09. The fourth-order valence-electron chi connectivity index (χ4n) is 2.09. The van der Waals surface area contributed by atoms with E-state index < -0.39 is 10.0 Å². The molecular weight excluding hydrogens is 318 g/mol. The summed E-state index contributed by atoms with van der Waals surface area (Å²) < 4.78 is 27.2. The minimum atomic E-state index is -3.57. The van der Waals surface area contributed by atoms with Gasteiger partial charge in [-0.2, -0.15) is 11.8 Å². The first kappa shape index (κ1) is 15.9. The van der Waals surface area contributed by atoms with Crippen LogP contribution in [0.15, 0.2) is 17.2 Å². The molecule has 2 rings (SSSR count). The van der Waals surface area contributed by atoms with Crippen molar-refractivity contribution in [2.24, 2.45) is 0 Å². The van der Waals surface area contributed by atoms with E-state index in [4.69, 9.17) is 11.6 Å². The molecule has 20 heavy (non-hydrogen) atoms. The summed E-state index contributed by atoms with van der Waals surface area (Å²) in [4.78, 5) is 4.09. The van der Waals surface area contributed by atoms with E-state index in [0.717, 1.165) is 19.3 Å². The fraction of sp³-hybridized carbons (Fsp3) is 0.583. The summed E-state index contributed by atoms with van der Waals surface area (Å²) >= 11 is 7.70. The predicted molar refractivity (Wildman–Crippen MR) is 84.1 cm³/mol. The standard InChI is InChI=1S/C12H18ClN3O2S2/c1-14-11-10(13)6-9(7-15-11)20(17,18)16-8-12(19-2)4-3-5-12/h6-7,16H,3-5,8H2,1-2H3,(H,14,15). The summed E-state index contributed by atoms with van der Waals surface area (Å²) in [5, 5.41) is 3.09. The quantitative estimate of drug-likeness (QED) is 0.835. The Labute approximate surface area is 128 Å². The Balaban J connectivity index is 2.12. The molecule has 0 aromatic carbocycles. The molecule has 8 heteroatoms. The number of rotatable bonds is 6. The van der Waals surface area contributed by atoms with E-state index in [9.17, 15) is 8.42 Å². The maximum Gasteiger partial charge on any atom is 0.242 e. The monoisotopic (exact) mass is 335 g/mol. The number of hydrogen-bond acceptors (Lipinski definition) is 5. The molecule has 0 aliphatic heterocycles. The topological polar surface area (TPSA) is 71.1 Å². The zero-order chi connectivity index (χ0) is 14.8. The highest BCUT2D eigenvalue weighted by atomic mass is 35.5. The molecule has 1 aromatic heterocycles. The average molecular weight is 336 g/mol. The van der Waals surface area contributed by atoms with Gasteiger partial charge in [0.2, 0.25) is 10.0 Å². The minimum Gasteiger partial charge on any atom is -0.372 e. The Hall–Kier alpha value is -0.500. The Morgan fingerprint density at radius 2 is 2.20 bits per heavy atom. The lowest BCUT2D eigenvalue weighted by molar-refractivity contribution is 0.362. The zero-order valence-electron chi connectivity index (χ0n) is 11.4. The molecule has 0 saturated heterocycles. The smallest absolute Gasteiger partial charge is 0.242 e. The molecule has 1 fully saturated rings. The SMILES string of the molecule is CNc1ncc(S(=O)(=O)NCC2(SC)CCC2)cc1Cl. The van der Waals surface area contributed by atoms with Crippen LogP contribution in [0.3, 0.4) is 0 Å². The van der Waals surface area contributed by atoms with Crippen LogP contribution in [-0.2, 0) is 10.0 Å². The summed E-state index contributed by atoms with van der Waals surface area (Å²) in [5.74, 6) is 0.463. The van der Waals surface area contributed by atoms with Gasteiger partial charge in [-0.1, -0.05) is 18.0 Å². The third-order valence-electron chi connectivity index (χ3n) is 3.65. The molecule has 0 radical (unpaired) electrons. The van der Waals surface area contributed by atoms with Crippen LogP contribution in [0, 0.1) is 0 Å². The van der Waals surface area contributed by atoms with Crippen molar-refractivity contribution in [3.05, 3.63) is 17.3 Å². The molecule has 0 bridgehead atoms. The molecule has 112 valence electrons. The number of hydrogen-bond donors (Lipinski definition) is 2. The van der Waals surface area contributed by atoms with E-state index in [1.807, 2.05) is 6.26 Å². The average Bonchev–Trinajstić information content (AvgIpc) is 2.38. The number of halogens is 1. The Bertz CT molecular complexity index is 583. The molecule has 1 heterocycles. The van der Waals surface area contributed by atoms with Crippen LogP contribution in [0.1, 0.15) is 19.3 Å². The van der Waals surface area contributed by atoms with Crippen LogP contribution in [0.4, 0.5) is 5.82 Å². The largest absolute Gasteiger partial charge is 0.372 e. The summed E-state index contributed by atoms with van der Waals surface area (Å²) in [6, 6.07) is 1.41. The number of anilines is 1. The van der Waals surface area contributed by atoms with Gasteiger partial charge in [-0.05, 0) is 25.2 Å².